The molecule has 2 heterocycles. The van der Waals surface area contributed by atoms with E-state index >= 15 is 0 Å². The normalized spacial score (nSPS) is 19.0. The zero-order chi connectivity index (χ0) is 31.4. The number of benzene rings is 2. The van der Waals surface area contributed by atoms with Crippen LogP contribution in [-0.4, -0.2) is 60.4 Å². The molecule has 0 saturated carbocycles. The molecular formula is C30H33F3N4O5Si. The molecule has 0 radical (unpaired) electrons. The first-order valence-electron chi connectivity index (χ1n) is 13.5. The molecule has 2 aromatic carbocycles. The zero-order valence-electron chi connectivity index (χ0n) is 23.9. The molecule has 228 valence electrons. The summed E-state index contributed by atoms with van der Waals surface area (Å²) in [5, 5.41) is 14.4. The molecule has 1 aliphatic rings. The second-order valence-electron chi connectivity index (χ2n) is 11.1. The first-order chi connectivity index (χ1) is 20.2. The first-order valence-corrected chi connectivity index (χ1v) is 15.5. The minimum Gasteiger partial charge on any atom is -0.405 e. The third kappa shape index (κ3) is 6.99. The lowest BCUT2D eigenvalue weighted by Crippen LogP contribution is -2.67. The van der Waals surface area contributed by atoms with E-state index in [4.69, 9.17) is 14.9 Å². The van der Waals surface area contributed by atoms with E-state index in [2.05, 4.69) is 61.9 Å². The summed E-state index contributed by atoms with van der Waals surface area (Å²) in [7, 11) is -2.92. The number of nitrogens with one attached hydrogen (secondary N) is 1. The summed E-state index contributed by atoms with van der Waals surface area (Å²) in [6, 6.07) is 20.0. The van der Waals surface area contributed by atoms with Crippen LogP contribution in [0, 0.1) is 11.8 Å². The molecule has 43 heavy (non-hydrogen) atoms. The Morgan fingerprint density at radius 2 is 1.72 bits per heavy atom. The minimum atomic E-state index is -5.03. The summed E-state index contributed by atoms with van der Waals surface area (Å²) in [6.07, 6.45) is -6.38. The molecule has 1 saturated heterocycles. The summed E-state index contributed by atoms with van der Waals surface area (Å²) < 4.78 is 51.3. The third-order valence-electron chi connectivity index (χ3n) is 7.19. The van der Waals surface area contributed by atoms with Crippen molar-refractivity contribution >= 4 is 30.4 Å². The summed E-state index contributed by atoms with van der Waals surface area (Å²) >= 11 is 0. The summed E-state index contributed by atoms with van der Waals surface area (Å²) in [6.45, 7) is 5.84. The predicted molar refractivity (Wildman–Crippen MR) is 157 cm³/mol. The summed E-state index contributed by atoms with van der Waals surface area (Å²) in [4.78, 5) is 27.4. The maximum absolute atomic E-state index is 12.7. The number of hydrogen-bond acceptors (Lipinski definition) is 7. The summed E-state index contributed by atoms with van der Waals surface area (Å²) in [5.41, 5.74) is 5.10. The van der Waals surface area contributed by atoms with Gasteiger partial charge < -0.3 is 25.3 Å². The van der Waals surface area contributed by atoms with Gasteiger partial charge in [0.05, 0.1) is 24.8 Å². The molecule has 1 aliphatic heterocycles. The zero-order valence-corrected chi connectivity index (χ0v) is 24.9. The lowest BCUT2D eigenvalue weighted by atomic mass is 10.2. The van der Waals surface area contributed by atoms with Gasteiger partial charge in [-0.2, -0.15) is 18.2 Å². The maximum Gasteiger partial charge on any atom is 0.471 e. The number of aliphatic hydroxyl groups excluding tert-OH is 1. The highest BCUT2D eigenvalue weighted by Crippen LogP contribution is 2.38. The SMILES string of the molecule is CC(C)(C)[Si](OC[C@H]1O[C@@H](n2cc(C#CCNC(=O)C(F)(F)F)c(N)nc2=O)CC1O)(c1ccccc1)c1ccccc1. The van der Waals surface area contributed by atoms with Crippen molar-refractivity contribution in [1.82, 2.24) is 14.9 Å². The largest absolute Gasteiger partial charge is 0.471 e. The molecule has 4 N–H and O–H groups in total. The molecule has 1 aromatic heterocycles. The van der Waals surface area contributed by atoms with E-state index in [1.807, 2.05) is 36.4 Å². The monoisotopic (exact) mass is 614 g/mol. The van der Waals surface area contributed by atoms with Crippen molar-refractivity contribution in [2.24, 2.45) is 0 Å². The Morgan fingerprint density at radius 1 is 1.14 bits per heavy atom. The van der Waals surface area contributed by atoms with Gasteiger partial charge in [0.25, 0.3) is 8.32 Å². The Morgan fingerprint density at radius 3 is 2.26 bits per heavy atom. The van der Waals surface area contributed by atoms with Crippen LogP contribution in [0.3, 0.4) is 0 Å². The topological polar surface area (TPSA) is 129 Å². The van der Waals surface area contributed by atoms with Crippen LogP contribution in [-0.2, 0) is 14.0 Å². The Hall–Kier alpha value is -3.96. The number of nitrogen functional groups attached to an aromatic ring is 1. The number of carbonyl (C=O) groups is 1. The highest BCUT2D eigenvalue weighted by molar-refractivity contribution is 6.99. The number of ether oxygens (including phenoxy) is 1. The van der Waals surface area contributed by atoms with E-state index < -0.39 is 51.1 Å². The number of anilines is 1. The molecule has 1 unspecified atom stereocenters. The third-order valence-corrected chi connectivity index (χ3v) is 12.2. The smallest absolute Gasteiger partial charge is 0.405 e. The second-order valence-corrected chi connectivity index (χ2v) is 15.4. The molecule has 1 fully saturated rings. The Labute approximate surface area is 248 Å². The fraction of sp³-hybridized carbons (Fsp3) is 0.367. The fourth-order valence-electron chi connectivity index (χ4n) is 5.15. The van der Waals surface area contributed by atoms with Gasteiger partial charge in [0, 0.05) is 12.6 Å². The van der Waals surface area contributed by atoms with Gasteiger partial charge >= 0.3 is 17.8 Å². The van der Waals surface area contributed by atoms with Gasteiger partial charge in [0.1, 0.15) is 18.1 Å². The number of alkyl halides is 3. The van der Waals surface area contributed by atoms with E-state index in [9.17, 15) is 27.9 Å². The quantitative estimate of drug-likeness (QED) is 0.275. The van der Waals surface area contributed by atoms with Gasteiger partial charge in [-0.15, -0.1) is 0 Å². The van der Waals surface area contributed by atoms with Crippen molar-refractivity contribution in [1.29, 1.82) is 0 Å². The van der Waals surface area contributed by atoms with E-state index in [1.165, 1.54) is 6.20 Å². The number of carbonyl (C=O) groups excluding carboxylic acids is 1. The summed E-state index contributed by atoms with van der Waals surface area (Å²) in [5.74, 6) is 2.51. The number of nitrogens with zero attached hydrogens (tertiary/aromatic N) is 2. The number of aromatic nitrogens is 2. The van der Waals surface area contributed by atoms with Gasteiger partial charge in [-0.05, 0) is 15.4 Å². The number of halogens is 3. The van der Waals surface area contributed by atoms with Crippen LogP contribution < -0.4 is 27.1 Å². The van der Waals surface area contributed by atoms with Crippen molar-refractivity contribution in [3.05, 3.63) is 82.9 Å². The lowest BCUT2D eigenvalue weighted by molar-refractivity contribution is -0.173. The average Bonchev–Trinajstić information content (AvgIpc) is 3.32. The Balaban J connectivity index is 1.56. The van der Waals surface area contributed by atoms with E-state index in [-0.39, 0.29) is 29.4 Å². The van der Waals surface area contributed by atoms with Crippen LogP contribution in [0.1, 0.15) is 39.0 Å². The van der Waals surface area contributed by atoms with Gasteiger partial charge in [-0.3, -0.25) is 9.36 Å². The molecule has 3 aromatic rings. The number of amides is 1. The number of hydrogen-bond donors (Lipinski definition) is 3. The van der Waals surface area contributed by atoms with Crippen LogP contribution in [0.15, 0.2) is 71.7 Å². The maximum atomic E-state index is 12.7. The van der Waals surface area contributed by atoms with Gasteiger partial charge in [0.2, 0.25) is 0 Å². The molecule has 0 bridgehead atoms. The first kappa shape index (κ1) is 32.0. The van der Waals surface area contributed by atoms with E-state index in [0.29, 0.717) is 0 Å². The second kappa shape index (κ2) is 12.7. The number of aliphatic hydroxyl groups is 1. The molecule has 0 spiro atoms. The fourth-order valence-corrected chi connectivity index (χ4v) is 9.72. The van der Waals surface area contributed by atoms with Gasteiger partial charge in [-0.1, -0.05) is 93.3 Å². The van der Waals surface area contributed by atoms with Gasteiger partial charge in [0.15, 0.2) is 0 Å². The molecule has 9 nitrogen and oxygen atoms in total. The van der Waals surface area contributed by atoms with Crippen LogP contribution in [0.5, 0.6) is 0 Å². The lowest BCUT2D eigenvalue weighted by Gasteiger charge is -2.43. The highest BCUT2D eigenvalue weighted by atomic mass is 28.4. The molecular weight excluding hydrogens is 581 g/mol. The highest BCUT2D eigenvalue weighted by Gasteiger charge is 2.51. The van der Waals surface area contributed by atoms with E-state index in [1.54, 1.807) is 5.32 Å². The van der Waals surface area contributed by atoms with Crippen LogP contribution in [0.25, 0.3) is 0 Å². The van der Waals surface area contributed by atoms with Crippen LogP contribution >= 0.6 is 0 Å². The van der Waals surface area contributed by atoms with Crippen LogP contribution in [0.4, 0.5) is 19.0 Å². The minimum absolute atomic E-state index is 0.0472. The van der Waals surface area contributed by atoms with Crippen molar-refractivity contribution < 1.29 is 32.2 Å². The predicted octanol–water partition coefficient (Wildman–Crippen LogP) is 2.08. The molecule has 0 aliphatic carbocycles. The van der Waals surface area contributed by atoms with Gasteiger partial charge in [-0.25, -0.2) is 4.79 Å². The van der Waals surface area contributed by atoms with Crippen molar-refractivity contribution in [2.45, 2.75) is 56.8 Å². The Kier molecular flexibility index (Phi) is 9.46. The van der Waals surface area contributed by atoms with Crippen molar-refractivity contribution in [3.63, 3.8) is 0 Å². The molecule has 13 heteroatoms. The van der Waals surface area contributed by atoms with E-state index in [0.717, 1.165) is 14.9 Å². The molecule has 1 amide bonds. The average molecular weight is 615 g/mol. The van der Waals surface area contributed by atoms with Crippen molar-refractivity contribution in [2.75, 3.05) is 18.9 Å². The van der Waals surface area contributed by atoms with Crippen molar-refractivity contribution in [3.8, 4) is 11.8 Å². The Bertz CT molecular complexity index is 1510. The molecule has 4 rings (SSSR count). The molecule has 3 atom stereocenters. The van der Waals surface area contributed by atoms with Crippen LogP contribution in [0.2, 0.25) is 5.04 Å². The standard InChI is InChI=1S/C30H33F3N4O5Si/c1-29(2,3)43(21-12-6-4-7-13-21,22-14-8-5-9-15-22)41-19-24-23(38)17-25(42-24)37-18-20(26(34)36-28(37)40)11-10-16-35-27(39)30(31,32)33/h4-9,12-15,18,23-25,38H,16-17,19H2,1-3H3,(H,35,39)(H2,34,36,40)/t23?,24-,25-/m1/s1. The number of nitrogens with two attached hydrogens (primary N) is 1. The number of rotatable bonds is 7.